The molecule has 4 heteroatoms. The average molecular weight is 283 g/mol. The molecule has 1 saturated carbocycles. The molecule has 1 aliphatic rings. The molecule has 106 valence electrons. The van der Waals surface area contributed by atoms with E-state index in [1.165, 1.54) is 25.7 Å². The Kier molecular flexibility index (Phi) is 5.44. The maximum atomic E-state index is 6.09. The lowest BCUT2D eigenvalue weighted by atomic mass is 9.85. The van der Waals surface area contributed by atoms with E-state index in [4.69, 9.17) is 16.3 Å². The van der Waals surface area contributed by atoms with E-state index in [0.717, 1.165) is 25.1 Å². The predicted octanol–water partition coefficient (Wildman–Crippen LogP) is 4.43. The highest BCUT2D eigenvalue weighted by atomic mass is 35.5. The van der Waals surface area contributed by atoms with E-state index < -0.39 is 0 Å². The summed E-state index contributed by atoms with van der Waals surface area (Å²) in [5.74, 6) is 2.08. The van der Waals surface area contributed by atoms with Crippen molar-refractivity contribution in [2.24, 2.45) is 5.92 Å². The Morgan fingerprint density at radius 2 is 2.05 bits per heavy atom. The maximum absolute atomic E-state index is 6.09. The first-order valence-electron chi connectivity index (χ1n) is 7.43. The number of nitrogens with zero attached hydrogens (tertiary/aromatic N) is 2. The molecule has 2 atom stereocenters. The highest BCUT2D eigenvalue weighted by Crippen LogP contribution is 2.30. The second kappa shape index (κ2) is 7.09. The third kappa shape index (κ3) is 4.07. The van der Waals surface area contributed by atoms with Crippen LogP contribution in [0.4, 0.5) is 0 Å². The lowest BCUT2D eigenvalue weighted by molar-refractivity contribution is 0.0854. The van der Waals surface area contributed by atoms with Crippen LogP contribution >= 0.6 is 11.6 Å². The first-order chi connectivity index (χ1) is 9.22. The number of ether oxygens (including phenoxy) is 1. The molecule has 2 rings (SSSR count). The molecule has 2 unspecified atom stereocenters. The molecular weight excluding hydrogens is 260 g/mol. The summed E-state index contributed by atoms with van der Waals surface area (Å²) in [5.41, 5.74) is 0. The highest BCUT2D eigenvalue weighted by molar-refractivity contribution is 6.29. The number of aryl methyl sites for hydroxylation is 1. The quantitative estimate of drug-likeness (QED) is 0.749. The monoisotopic (exact) mass is 282 g/mol. The first kappa shape index (κ1) is 14.6. The SMILES string of the molecule is CCCc1nc(Cl)cc(OC2CCCCC2CC)n1. The summed E-state index contributed by atoms with van der Waals surface area (Å²) in [4.78, 5) is 8.70. The van der Waals surface area contributed by atoms with Gasteiger partial charge in [-0.15, -0.1) is 0 Å². The fraction of sp³-hybridized carbons (Fsp3) is 0.733. The van der Waals surface area contributed by atoms with Gasteiger partial charge >= 0.3 is 0 Å². The van der Waals surface area contributed by atoms with Gasteiger partial charge in [0.25, 0.3) is 0 Å². The van der Waals surface area contributed by atoms with Gasteiger partial charge < -0.3 is 4.74 Å². The zero-order valence-corrected chi connectivity index (χ0v) is 12.6. The van der Waals surface area contributed by atoms with Crippen LogP contribution in [0.1, 0.15) is 58.2 Å². The molecule has 0 radical (unpaired) electrons. The molecule has 1 fully saturated rings. The lowest BCUT2D eigenvalue weighted by Crippen LogP contribution is -2.30. The van der Waals surface area contributed by atoms with Crippen molar-refractivity contribution in [2.45, 2.75) is 64.9 Å². The van der Waals surface area contributed by atoms with Crippen LogP contribution in [0.5, 0.6) is 5.88 Å². The lowest BCUT2D eigenvalue weighted by Gasteiger charge is -2.30. The van der Waals surface area contributed by atoms with E-state index in [2.05, 4.69) is 23.8 Å². The molecule has 0 N–H and O–H groups in total. The van der Waals surface area contributed by atoms with Crippen LogP contribution in [-0.4, -0.2) is 16.1 Å². The van der Waals surface area contributed by atoms with Crippen LogP contribution in [-0.2, 0) is 6.42 Å². The van der Waals surface area contributed by atoms with Gasteiger partial charge in [0.1, 0.15) is 17.1 Å². The Hall–Kier alpha value is -0.830. The van der Waals surface area contributed by atoms with Crippen molar-refractivity contribution >= 4 is 11.6 Å². The molecule has 3 nitrogen and oxygen atoms in total. The molecule has 0 aliphatic heterocycles. The Balaban J connectivity index is 2.08. The van der Waals surface area contributed by atoms with Crippen LogP contribution in [0.2, 0.25) is 5.15 Å². The summed E-state index contributed by atoms with van der Waals surface area (Å²) in [6.45, 7) is 4.35. The van der Waals surface area contributed by atoms with Gasteiger partial charge in [0.05, 0.1) is 0 Å². The summed E-state index contributed by atoms with van der Waals surface area (Å²) in [5, 5.41) is 0.484. The summed E-state index contributed by atoms with van der Waals surface area (Å²) in [6.07, 6.45) is 8.29. The molecule has 0 amide bonds. The fourth-order valence-electron chi connectivity index (χ4n) is 2.79. The van der Waals surface area contributed by atoms with Gasteiger partial charge in [-0.2, -0.15) is 4.98 Å². The van der Waals surface area contributed by atoms with E-state index in [1.807, 2.05) is 0 Å². The van der Waals surface area contributed by atoms with Gasteiger partial charge in [0.2, 0.25) is 5.88 Å². The van der Waals surface area contributed by atoms with Gasteiger partial charge in [-0.3, -0.25) is 0 Å². The fourth-order valence-corrected chi connectivity index (χ4v) is 2.98. The third-order valence-corrected chi connectivity index (χ3v) is 4.02. The number of hydrogen-bond donors (Lipinski definition) is 0. The molecule has 1 aromatic heterocycles. The largest absolute Gasteiger partial charge is 0.474 e. The third-order valence-electron chi connectivity index (χ3n) is 3.83. The smallest absolute Gasteiger partial charge is 0.218 e. The van der Waals surface area contributed by atoms with Crippen molar-refractivity contribution in [2.75, 3.05) is 0 Å². The van der Waals surface area contributed by atoms with E-state index in [1.54, 1.807) is 6.07 Å². The summed E-state index contributed by atoms with van der Waals surface area (Å²) >= 11 is 6.04. The second-order valence-electron chi connectivity index (χ2n) is 5.30. The normalized spacial score (nSPS) is 23.3. The molecule has 1 aliphatic carbocycles. The first-order valence-corrected chi connectivity index (χ1v) is 7.80. The van der Waals surface area contributed by atoms with Crippen molar-refractivity contribution in [1.29, 1.82) is 0 Å². The molecule has 19 heavy (non-hydrogen) atoms. The number of aromatic nitrogens is 2. The van der Waals surface area contributed by atoms with E-state index in [9.17, 15) is 0 Å². The average Bonchev–Trinajstić information content (AvgIpc) is 2.39. The maximum Gasteiger partial charge on any atom is 0.218 e. The van der Waals surface area contributed by atoms with Gasteiger partial charge in [-0.1, -0.05) is 31.9 Å². The van der Waals surface area contributed by atoms with Gasteiger partial charge in [0.15, 0.2) is 0 Å². The number of hydrogen-bond acceptors (Lipinski definition) is 3. The van der Waals surface area contributed by atoms with Crippen molar-refractivity contribution < 1.29 is 4.74 Å². The van der Waals surface area contributed by atoms with Crippen molar-refractivity contribution in [1.82, 2.24) is 9.97 Å². The van der Waals surface area contributed by atoms with Gasteiger partial charge in [-0.25, -0.2) is 4.98 Å². The topological polar surface area (TPSA) is 35.0 Å². The molecule has 0 spiro atoms. The molecule has 0 bridgehead atoms. The predicted molar refractivity (Wildman–Crippen MR) is 77.7 cm³/mol. The summed E-state index contributed by atoms with van der Waals surface area (Å²) in [7, 11) is 0. The zero-order valence-electron chi connectivity index (χ0n) is 11.9. The minimum absolute atomic E-state index is 0.291. The van der Waals surface area contributed by atoms with E-state index in [-0.39, 0.29) is 0 Å². The van der Waals surface area contributed by atoms with E-state index >= 15 is 0 Å². The second-order valence-corrected chi connectivity index (χ2v) is 5.69. The van der Waals surface area contributed by atoms with E-state index in [0.29, 0.717) is 23.1 Å². The van der Waals surface area contributed by atoms with Crippen LogP contribution < -0.4 is 4.74 Å². The minimum atomic E-state index is 0.291. The Bertz CT molecular complexity index is 411. The minimum Gasteiger partial charge on any atom is -0.474 e. The molecule has 1 aromatic rings. The van der Waals surface area contributed by atoms with Gasteiger partial charge in [-0.05, 0) is 38.0 Å². The Morgan fingerprint density at radius 3 is 2.79 bits per heavy atom. The van der Waals surface area contributed by atoms with Crippen LogP contribution in [0.15, 0.2) is 6.07 Å². The standard InChI is InChI=1S/C15H23ClN2O/c1-3-7-14-17-13(16)10-15(18-14)19-12-9-6-5-8-11(12)4-2/h10-12H,3-9H2,1-2H3. The van der Waals surface area contributed by atoms with Crippen LogP contribution in [0, 0.1) is 5.92 Å². The zero-order chi connectivity index (χ0) is 13.7. The highest BCUT2D eigenvalue weighted by Gasteiger charge is 2.25. The molecule has 0 aromatic carbocycles. The molecule has 1 heterocycles. The van der Waals surface area contributed by atoms with Crippen molar-refractivity contribution in [3.05, 3.63) is 17.0 Å². The number of halogens is 1. The molecular formula is C15H23ClN2O. The summed E-state index contributed by atoms with van der Waals surface area (Å²) in [6, 6.07) is 1.74. The molecule has 0 saturated heterocycles. The van der Waals surface area contributed by atoms with Crippen LogP contribution in [0.25, 0.3) is 0 Å². The van der Waals surface area contributed by atoms with Gasteiger partial charge in [0, 0.05) is 12.5 Å². The van der Waals surface area contributed by atoms with Crippen molar-refractivity contribution in [3.63, 3.8) is 0 Å². The Labute approximate surface area is 120 Å². The van der Waals surface area contributed by atoms with Crippen molar-refractivity contribution in [3.8, 4) is 5.88 Å². The Morgan fingerprint density at radius 1 is 1.26 bits per heavy atom. The van der Waals surface area contributed by atoms with Crippen LogP contribution in [0.3, 0.4) is 0 Å². The summed E-state index contributed by atoms with van der Waals surface area (Å²) < 4.78 is 6.09. The number of rotatable bonds is 5.